The SMILES string of the molecule is CCc1nnc(-c2cc3c(N[C@H](C)C4CC4)c(C(N)=O)cnn3c2)o1. The van der Waals surface area contributed by atoms with Gasteiger partial charge in [0.25, 0.3) is 5.91 Å². The number of hydrogen-bond acceptors (Lipinski definition) is 6. The lowest BCUT2D eigenvalue weighted by Gasteiger charge is -2.17. The van der Waals surface area contributed by atoms with Gasteiger partial charge in [0.2, 0.25) is 11.8 Å². The molecular formula is C17H20N6O2. The summed E-state index contributed by atoms with van der Waals surface area (Å²) in [5.74, 6) is 1.14. The van der Waals surface area contributed by atoms with Gasteiger partial charge in [0, 0.05) is 18.7 Å². The number of nitrogens with zero attached hydrogens (tertiary/aromatic N) is 4. The zero-order valence-corrected chi connectivity index (χ0v) is 14.2. The molecule has 3 aromatic heterocycles. The van der Waals surface area contributed by atoms with Crippen LogP contribution in [0.4, 0.5) is 5.69 Å². The van der Waals surface area contributed by atoms with Crippen LogP contribution in [0.5, 0.6) is 0 Å². The number of carbonyl (C=O) groups is 1. The molecule has 3 aromatic rings. The number of rotatable bonds is 6. The van der Waals surface area contributed by atoms with E-state index >= 15 is 0 Å². The number of amides is 1. The molecule has 3 heterocycles. The highest BCUT2D eigenvalue weighted by Crippen LogP contribution is 2.36. The summed E-state index contributed by atoms with van der Waals surface area (Å²) < 4.78 is 7.31. The monoisotopic (exact) mass is 340 g/mol. The van der Waals surface area contributed by atoms with Crippen molar-refractivity contribution in [2.75, 3.05) is 5.32 Å². The van der Waals surface area contributed by atoms with Crippen LogP contribution in [0.3, 0.4) is 0 Å². The second-order valence-electron chi connectivity index (χ2n) is 6.48. The fourth-order valence-corrected chi connectivity index (χ4v) is 2.97. The van der Waals surface area contributed by atoms with Crippen LogP contribution in [0.2, 0.25) is 0 Å². The Morgan fingerprint density at radius 2 is 2.28 bits per heavy atom. The van der Waals surface area contributed by atoms with Crippen LogP contribution in [-0.2, 0) is 6.42 Å². The van der Waals surface area contributed by atoms with Crippen LogP contribution in [-0.4, -0.2) is 31.8 Å². The van der Waals surface area contributed by atoms with Gasteiger partial charge < -0.3 is 15.5 Å². The Morgan fingerprint density at radius 3 is 2.92 bits per heavy atom. The predicted octanol–water partition coefficient (Wildman–Crippen LogP) is 2.26. The van der Waals surface area contributed by atoms with Crippen LogP contribution in [0, 0.1) is 5.92 Å². The van der Waals surface area contributed by atoms with E-state index in [1.54, 1.807) is 10.7 Å². The molecule has 1 saturated carbocycles. The summed E-state index contributed by atoms with van der Waals surface area (Å²) >= 11 is 0. The van der Waals surface area contributed by atoms with Crippen molar-refractivity contribution in [2.24, 2.45) is 11.7 Å². The average molecular weight is 340 g/mol. The molecule has 1 aliphatic rings. The maximum atomic E-state index is 11.8. The topological polar surface area (TPSA) is 111 Å². The van der Waals surface area contributed by atoms with Gasteiger partial charge in [-0.2, -0.15) is 5.10 Å². The largest absolute Gasteiger partial charge is 0.421 e. The van der Waals surface area contributed by atoms with Crippen molar-refractivity contribution >= 4 is 17.1 Å². The van der Waals surface area contributed by atoms with Crippen molar-refractivity contribution in [1.29, 1.82) is 0 Å². The van der Waals surface area contributed by atoms with E-state index < -0.39 is 5.91 Å². The second-order valence-corrected chi connectivity index (χ2v) is 6.48. The Balaban J connectivity index is 1.80. The van der Waals surface area contributed by atoms with Crippen molar-refractivity contribution in [1.82, 2.24) is 19.8 Å². The summed E-state index contributed by atoms with van der Waals surface area (Å²) in [6, 6.07) is 2.15. The molecule has 25 heavy (non-hydrogen) atoms. The standard InChI is InChI=1S/C17H20N6O2/c1-3-14-21-22-17(25-14)11-6-13-15(20-9(2)10-4-5-10)12(16(18)24)7-19-23(13)8-11/h6-10,20H,3-5H2,1-2H3,(H2,18,24)/t9-/m1/s1. The van der Waals surface area contributed by atoms with Crippen molar-refractivity contribution in [3.05, 3.63) is 29.9 Å². The Morgan fingerprint density at radius 1 is 1.48 bits per heavy atom. The first-order chi connectivity index (χ1) is 12.1. The number of primary amides is 1. The van der Waals surface area contributed by atoms with Gasteiger partial charge in [-0.05, 0) is 31.7 Å². The molecule has 0 bridgehead atoms. The van der Waals surface area contributed by atoms with E-state index in [0.717, 1.165) is 11.1 Å². The quantitative estimate of drug-likeness (QED) is 0.712. The summed E-state index contributed by atoms with van der Waals surface area (Å²) in [4.78, 5) is 11.8. The molecule has 130 valence electrons. The zero-order chi connectivity index (χ0) is 17.6. The van der Waals surface area contributed by atoms with E-state index in [2.05, 4.69) is 27.5 Å². The van der Waals surface area contributed by atoms with E-state index in [1.807, 2.05) is 13.0 Å². The van der Waals surface area contributed by atoms with Crippen molar-refractivity contribution in [2.45, 2.75) is 39.2 Å². The minimum Gasteiger partial charge on any atom is -0.421 e. The molecule has 0 radical (unpaired) electrons. The molecule has 1 fully saturated rings. The third-order valence-electron chi connectivity index (χ3n) is 4.62. The molecule has 4 rings (SSSR count). The maximum Gasteiger partial charge on any atom is 0.252 e. The molecule has 0 aliphatic heterocycles. The van der Waals surface area contributed by atoms with Crippen molar-refractivity contribution in [3.63, 3.8) is 0 Å². The third kappa shape index (κ3) is 2.84. The Hall–Kier alpha value is -2.90. The van der Waals surface area contributed by atoms with Crippen molar-refractivity contribution < 1.29 is 9.21 Å². The predicted molar refractivity (Wildman–Crippen MR) is 92.2 cm³/mol. The number of anilines is 1. The molecule has 8 nitrogen and oxygen atoms in total. The van der Waals surface area contributed by atoms with Gasteiger partial charge in [0.15, 0.2) is 0 Å². The number of hydrogen-bond donors (Lipinski definition) is 2. The summed E-state index contributed by atoms with van der Waals surface area (Å²) in [7, 11) is 0. The fourth-order valence-electron chi connectivity index (χ4n) is 2.97. The summed E-state index contributed by atoms with van der Waals surface area (Å²) in [6.45, 7) is 4.07. The first-order valence-corrected chi connectivity index (χ1v) is 8.47. The number of aromatic nitrogens is 4. The van der Waals surface area contributed by atoms with Crippen LogP contribution < -0.4 is 11.1 Å². The van der Waals surface area contributed by atoms with E-state index in [-0.39, 0.29) is 6.04 Å². The molecule has 8 heteroatoms. The van der Waals surface area contributed by atoms with Gasteiger partial charge in [0.05, 0.1) is 28.5 Å². The number of fused-ring (bicyclic) bond motifs is 1. The lowest BCUT2D eigenvalue weighted by atomic mass is 10.1. The van der Waals surface area contributed by atoms with Crippen LogP contribution in [0.15, 0.2) is 22.9 Å². The van der Waals surface area contributed by atoms with E-state index in [1.165, 1.54) is 19.0 Å². The van der Waals surface area contributed by atoms with E-state index in [4.69, 9.17) is 10.2 Å². The molecule has 0 aromatic carbocycles. The Bertz CT molecular complexity index is 940. The minimum absolute atomic E-state index is 0.262. The number of nitrogens with one attached hydrogen (secondary N) is 1. The first-order valence-electron chi connectivity index (χ1n) is 8.47. The van der Waals surface area contributed by atoms with Gasteiger partial charge in [-0.25, -0.2) is 4.52 Å². The molecular weight excluding hydrogens is 320 g/mol. The van der Waals surface area contributed by atoms with Gasteiger partial charge in [-0.1, -0.05) is 6.92 Å². The molecule has 3 N–H and O–H groups in total. The summed E-state index contributed by atoms with van der Waals surface area (Å²) in [5, 5.41) is 15.8. The van der Waals surface area contributed by atoms with Gasteiger partial charge in [0.1, 0.15) is 0 Å². The van der Waals surface area contributed by atoms with Crippen LogP contribution in [0.1, 0.15) is 42.9 Å². The highest BCUT2D eigenvalue weighted by atomic mass is 16.4. The zero-order valence-electron chi connectivity index (χ0n) is 14.2. The fraction of sp³-hybridized carbons (Fsp3) is 0.412. The Labute approximate surface area is 144 Å². The van der Waals surface area contributed by atoms with E-state index in [9.17, 15) is 4.79 Å². The average Bonchev–Trinajstić information content (AvgIpc) is 3.18. The van der Waals surface area contributed by atoms with Gasteiger partial charge in [-0.15, -0.1) is 10.2 Å². The molecule has 1 aliphatic carbocycles. The number of carbonyl (C=O) groups excluding carboxylic acids is 1. The second kappa shape index (κ2) is 5.87. The van der Waals surface area contributed by atoms with E-state index in [0.29, 0.717) is 35.4 Å². The Kier molecular flexibility index (Phi) is 3.67. The smallest absolute Gasteiger partial charge is 0.252 e. The van der Waals surface area contributed by atoms with Gasteiger partial charge >= 0.3 is 0 Å². The molecule has 0 unspecified atom stereocenters. The minimum atomic E-state index is -0.505. The number of aryl methyl sites for hydroxylation is 1. The van der Waals surface area contributed by atoms with Crippen LogP contribution >= 0.6 is 0 Å². The lowest BCUT2D eigenvalue weighted by molar-refractivity contribution is 0.100. The third-order valence-corrected chi connectivity index (χ3v) is 4.62. The summed E-state index contributed by atoms with van der Waals surface area (Å²) in [6.07, 6.45) is 6.38. The molecule has 0 saturated heterocycles. The van der Waals surface area contributed by atoms with Gasteiger partial charge in [-0.3, -0.25) is 4.79 Å². The lowest BCUT2D eigenvalue weighted by Crippen LogP contribution is -2.22. The van der Waals surface area contributed by atoms with Crippen molar-refractivity contribution in [3.8, 4) is 11.5 Å². The maximum absolute atomic E-state index is 11.8. The highest BCUT2D eigenvalue weighted by molar-refractivity contribution is 6.02. The molecule has 1 amide bonds. The highest BCUT2D eigenvalue weighted by Gasteiger charge is 2.29. The first kappa shape index (κ1) is 15.6. The number of nitrogens with two attached hydrogens (primary N) is 1. The summed E-state index contributed by atoms with van der Waals surface area (Å²) in [5.41, 5.74) is 8.13. The normalized spacial score (nSPS) is 15.4. The molecule has 1 atom stereocenters. The van der Waals surface area contributed by atoms with Crippen LogP contribution in [0.25, 0.3) is 17.0 Å². The molecule has 0 spiro atoms.